The van der Waals surface area contributed by atoms with E-state index in [-0.39, 0.29) is 16.4 Å². The molecule has 28 heavy (non-hydrogen) atoms. The van der Waals surface area contributed by atoms with Gasteiger partial charge >= 0.3 is 6.18 Å². The molecule has 0 aromatic heterocycles. The summed E-state index contributed by atoms with van der Waals surface area (Å²) in [6.07, 6.45) is -3.71. The molecule has 2 rings (SSSR count). The van der Waals surface area contributed by atoms with Gasteiger partial charge in [0, 0.05) is 0 Å². The number of carbonyl (C=O) groups excluding carboxylic acids is 1. The highest BCUT2D eigenvalue weighted by atomic mass is 35.5. The standard InChI is InChI=1S/C17H16ClF3N2O4S/c1-27-13-6-4-12(5-7-13)23(28(2,25)26)10-16(24)22-15-9-11(17(19,20)21)3-8-14(15)18/h3-9H,10H2,1-2H3,(H,22,24). The van der Waals surface area contributed by atoms with Gasteiger partial charge in [0.05, 0.1) is 35.3 Å². The maximum absolute atomic E-state index is 12.8. The van der Waals surface area contributed by atoms with E-state index in [9.17, 15) is 26.4 Å². The van der Waals surface area contributed by atoms with E-state index < -0.39 is 34.2 Å². The van der Waals surface area contributed by atoms with Crippen LogP contribution in [-0.4, -0.2) is 34.2 Å². The SMILES string of the molecule is COc1ccc(N(CC(=O)Nc2cc(C(F)(F)F)ccc2Cl)S(C)(=O)=O)cc1. The van der Waals surface area contributed by atoms with Crippen LogP contribution in [0.5, 0.6) is 5.75 Å². The lowest BCUT2D eigenvalue weighted by molar-refractivity contribution is -0.137. The molecule has 0 aliphatic heterocycles. The van der Waals surface area contributed by atoms with Crippen molar-refractivity contribution in [3.8, 4) is 5.75 Å². The number of ether oxygens (including phenoxy) is 1. The van der Waals surface area contributed by atoms with Crippen LogP contribution in [0.3, 0.4) is 0 Å². The van der Waals surface area contributed by atoms with Gasteiger partial charge in [-0.05, 0) is 42.5 Å². The molecule has 0 heterocycles. The van der Waals surface area contributed by atoms with Crippen LogP contribution in [0.4, 0.5) is 24.5 Å². The third-order valence-corrected chi connectivity index (χ3v) is 5.09. The summed E-state index contributed by atoms with van der Waals surface area (Å²) in [5.74, 6) is -0.375. The average molecular weight is 437 g/mol. The van der Waals surface area contributed by atoms with Gasteiger partial charge in [0.15, 0.2) is 0 Å². The molecule has 0 saturated carbocycles. The third-order valence-electron chi connectivity index (χ3n) is 3.62. The molecule has 0 atom stereocenters. The molecule has 2 aromatic rings. The van der Waals surface area contributed by atoms with Gasteiger partial charge in [0.2, 0.25) is 15.9 Å². The fourth-order valence-electron chi connectivity index (χ4n) is 2.27. The smallest absolute Gasteiger partial charge is 0.416 e. The molecule has 0 saturated heterocycles. The number of hydrogen-bond donors (Lipinski definition) is 1. The van der Waals surface area contributed by atoms with Crippen molar-refractivity contribution in [1.29, 1.82) is 0 Å². The summed E-state index contributed by atoms with van der Waals surface area (Å²) < 4.78 is 68.4. The fraction of sp³-hybridized carbons (Fsp3) is 0.235. The molecule has 6 nitrogen and oxygen atoms in total. The zero-order valence-electron chi connectivity index (χ0n) is 14.7. The first-order chi connectivity index (χ1) is 12.9. The number of rotatable bonds is 6. The molecular formula is C17H16ClF3N2O4S. The van der Waals surface area contributed by atoms with Crippen LogP contribution >= 0.6 is 11.6 Å². The van der Waals surface area contributed by atoms with E-state index in [4.69, 9.17) is 16.3 Å². The zero-order chi connectivity index (χ0) is 21.1. The number of methoxy groups -OCH3 is 1. The molecule has 0 aliphatic rings. The van der Waals surface area contributed by atoms with E-state index in [1.807, 2.05) is 0 Å². The van der Waals surface area contributed by atoms with Crippen molar-refractivity contribution in [3.05, 3.63) is 53.1 Å². The molecule has 0 aliphatic carbocycles. The molecule has 152 valence electrons. The van der Waals surface area contributed by atoms with Crippen molar-refractivity contribution in [2.75, 3.05) is 29.5 Å². The van der Waals surface area contributed by atoms with E-state index in [0.717, 1.165) is 22.7 Å². The fourth-order valence-corrected chi connectivity index (χ4v) is 3.29. The maximum Gasteiger partial charge on any atom is 0.416 e. The third kappa shape index (κ3) is 5.52. The first-order valence-electron chi connectivity index (χ1n) is 7.70. The topological polar surface area (TPSA) is 75.7 Å². The second-order valence-corrected chi connectivity index (χ2v) is 8.02. The largest absolute Gasteiger partial charge is 0.497 e. The maximum atomic E-state index is 12.8. The molecule has 11 heteroatoms. The minimum absolute atomic E-state index is 0.114. The van der Waals surface area contributed by atoms with Crippen LogP contribution in [0, 0.1) is 0 Å². The van der Waals surface area contributed by atoms with Gasteiger partial charge in [-0.25, -0.2) is 8.42 Å². The Morgan fingerprint density at radius 3 is 2.29 bits per heavy atom. The van der Waals surface area contributed by atoms with Crippen molar-refractivity contribution in [2.24, 2.45) is 0 Å². The van der Waals surface area contributed by atoms with Crippen LogP contribution in [0.15, 0.2) is 42.5 Å². The van der Waals surface area contributed by atoms with Crippen molar-refractivity contribution in [1.82, 2.24) is 0 Å². The number of sulfonamides is 1. The number of amides is 1. The Morgan fingerprint density at radius 2 is 1.79 bits per heavy atom. The highest BCUT2D eigenvalue weighted by molar-refractivity contribution is 7.92. The van der Waals surface area contributed by atoms with Gasteiger partial charge in [0.25, 0.3) is 0 Å². The molecular weight excluding hydrogens is 421 g/mol. The lowest BCUT2D eigenvalue weighted by Gasteiger charge is -2.22. The van der Waals surface area contributed by atoms with Crippen molar-refractivity contribution in [2.45, 2.75) is 6.18 Å². The number of anilines is 2. The summed E-state index contributed by atoms with van der Waals surface area (Å²) in [7, 11) is -2.41. The van der Waals surface area contributed by atoms with E-state index in [2.05, 4.69) is 5.32 Å². The normalized spacial score (nSPS) is 11.8. The number of nitrogens with zero attached hydrogens (tertiary/aromatic N) is 1. The van der Waals surface area contributed by atoms with Crippen molar-refractivity contribution >= 4 is 38.9 Å². The summed E-state index contributed by atoms with van der Waals surface area (Å²) in [4.78, 5) is 12.3. The van der Waals surface area contributed by atoms with Crippen LogP contribution < -0.4 is 14.4 Å². The van der Waals surface area contributed by atoms with E-state index >= 15 is 0 Å². The quantitative estimate of drug-likeness (QED) is 0.748. The summed E-state index contributed by atoms with van der Waals surface area (Å²) in [6, 6.07) is 8.34. The molecule has 0 radical (unpaired) electrons. The molecule has 1 amide bonds. The van der Waals surface area contributed by atoms with E-state index in [1.54, 1.807) is 0 Å². The molecule has 2 aromatic carbocycles. The molecule has 0 spiro atoms. The summed E-state index contributed by atoms with van der Waals surface area (Å²) in [5.41, 5.74) is -1.08. The molecule has 0 bridgehead atoms. The Bertz CT molecular complexity index is 963. The first-order valence-corrected chi connectivity index (χ1v) is 9.93. The minimum atomic E-state index is -4.62. The zero-order valence-corrected chi connectivity index (χ0v) is 16.3. The highest BCUT2D eigenvalue weighted by Gasteiger charge is 2.31. The van der Waals surface area contributed by atoms with Crippen LogP contribution in [0.2, 0.25) is 5.02 Å². The lowest BCUT2D eigenvalue weighted by atomic mass is 10.2. The molecule has 0 fully saturated rings. The summed E-state index contributed by atoms with van der Waals surface area (Å²) in [5, 5.41) is 2.10. The monoisotopic (exact) mass is 436 g/mol. The Balaban J connectivity index is 2.25. The first kappa shape index (κ1) is 21.8. The van der Waals surface area contributed by atoms with Gasteiger partial charge in [-0.15, -0.1) is 0 Å². The number of halogens is 4. The predicted octanol–water partition coefficient (Wildman–Crippen LogP) is 3.77. The van der Waals surface area contributed by atoms with Crippen LogP contribution in [0.25, 0.3) is 0 Å². The van der Waals surface area contributed by atoms with E-state index in [0.29, 0.717) is 11.8 Å². The Kier molecular flexibility index (Phi) is 6.45. The lowest BCUT2D eigenvalue weighted by Crippen LogP contribution is -2.37. The Hall–Kier alpha value is -2.46. The van der Waals surface area contributed by atoms with Gasteiger partial charge in [-0.1, -0.05) is 11.6 Å². The second kappa shape index (κ2) is 8.27. The number of alkyl halides is 3. The Morgan fingerprint density at radius 1 is 1.18 bits per heavy atom. The van der Waals surface area contributed by atoms with Gasteiger partial charge in [-0.2, -0.15) is 13.2 Å². The second-order valence-electron chi connectivity index (χ2n) is 5.71. The summed E-state index contributed by atoms with van der Waals surface area (Å²) >= 11 is 5.84. The van der Waals surface area contributed by atoms with Crippen molar-refractivity contribution < 1.29 is 31.1 Å². The number of nitrogens with one attached hydrogen (secondary N) is 1. The van der Waals surface area contributed by atoms with Crippen LogP contribution in [-0.2, 0) is 21.0 Å². The Labute approximate surface area is 164 Å². The predicted molar refractivity (Wildman–Crippen MR) is 100 cm³/mol. The number of benzene rings is 2. The van der Waals surface area contributed by atoms with Crippen LogP contribution in [0.1, 0.15) is 5.56 Å². The summed E-state index contributed by atoms with van der Waals surface area (Å²) in [6.45, 7) is -0.655. The van der Waals surface area contributed by atoms with Crippen molar-refractivity contribution in [3.63, 3.8) is 0 Å². The van der Waals surface area contributed by atoms with Gasteiger partial charge < -0.3 is 10.1 Å². The number of hydrogen-bond acceptors (Lipinski definition) is 4. The van der Waals surface area contributed by atoms with E-state index in [1.165, 1.54) is 31.4 Å². The van der Waals surface area contributed by atoms with Gasteiger partial charge in [0.1, 0.15) is 12.3 Å². The number of carbonyl (C=O) groups is 1. The van der Waals surface area contributed by atoms with Gasteiger partial charge in [-0.3, -0.25) is 9.10 Å². The molecule has 1 N–H and O–H groups in total. The molecule has 0 unspecified atom stereocenters. The minimum Gasteiger partial charge on any atom is -0.497 e. The average Bonchev–Trinajstić information content (AvgIpc) is 2.60. The highest BCUT2D eigenvalue weighted by Crippen LogP contribution is 2.34.